The molecule has 17 heavy (non-hydrogen) atoms. The lowest BCUT2D eigenvalue weighted by Gasteiger charge is -2.35. The maximum absolute atomic E-state index is 9.10. The zero-order valence-electron chi connectivity index (χ0n) is 10.5. The molecule has 1 aromatic rings. The molecule has 0 aromatic heterocycles. The average Bonchev–Trinajstić information content (AvgIpc) is 2.27. The quantitative estimate of drug-likeness (QED) is 0.787. The molecule has 0 atom stereocenters. The molecule has 90 valence electrons. The highest BCUT2D eigenvalue weighted by Gasteiger charge is 2.36. The van der Waals surface area contributed by atoms with Crippen LogP contribution < -0.4 is 5.32 Å². The smallest absolute Gasteiger partial charge is 0.0703 e. The number of nitrogens with zero attached hydrogens (tertiary/aromatic N) is 1. The molecule has 1 aliphatic carbocycles. The second-order valence-corrected chi connectivity index (χ2v) is 5.16. The van der Waals surface area contributed by atoms with Crippen molar-refractivity contribution < 1.29 is 0 Å². The van der Waals surface area contributed by atoms with E-state index in [4.69, 9.17) is 5.26 Å². The zero-order chi connectivity index (χ0) is 12.1. The van der Waals surface area contributed by atoms with Gasteiger partial charge < -0.3 is 5.32 Å². The van der Waals surface area contributed by atoms with E-state index in [2.05, 4.69) is 42.6 Å². The van der Waals surface area contributed by atoms with Crippen LogP contribution in [0.4, 0.5) is 0 Å². The van der Waals surface area contributed by atoms with E-state index in [0.717, 1.165) is 32.4 Å². The number of hydrogen-bond acceptors (Lipinski definition) is 2. The van der Waals surface area contributed by atoms with Crippen LogP contribution in [0.1, 0.15) is 30.4 Å². The second-order valence-electron chi connectivity index (χ2n) is 5.16. The highest BCUT2D eigenvalue weighted by atomic mass is 14.9. The van der Waals surface area contributed by atoms with Crippen LogP contribution in [0.15, 0.2) is 24.3 Å². The molecule has 1 N–H and O–H groups in total. The number of rotatable bonds is 5. The number of hydrogen-bond donors (Lipinski definition) is 1. The standard InChI is InChI=1S/C15H20N2/c1-13-4-2-5-14(10-13)6-9-17-12-15(11-16)7-3-8-15/h2,4-5,10,17H,3,6-9,12H2,1H3. The Morgan fingerprint density at radius 3 is 2.82 bits per heavy atom. The van der Waals surface area contributed by atoms with Crippen molar-refractivity contribution in [3.8, 4) is 6.07 Å². The molecule has 0 amide bonds. The molecule has 0 radical (unpaired) electrons. The lowest BCUT2D eigenvalue weighted by atomic mass is 9.70. The van der Waals surface area contributed by atoms with Crippen LogP contribution in [0, 0.1) is 23.7 Å². The minimum Gasteiger partial charge on any atom is -0.315 e. The van der Waals surface area contributed by atoms with Crippen molar-refractivity contribution >= 4 is 0 Å². The van der Waals surface area contributed by atoms with Crippen molar-refractivity contribution in [2.45, 2.75) is 32.6 Å². The summed E-state index contributed by atoms with van der Waals surface area (Å²) in [6.07, 6.45) is 4.40. The van der Waals surface area contributed by atoms with Crippen LogP contribution >= 0.6 is 0 Å². The van der Waals surface area contributed by atoms with Gasteiger partial charge in [0.2, 0.25) is 0 Å². The third-order valence-corrected chi connectivity index (χ3v) is 3.68. The number of aryl methyl sites for hydroxylation is 1. The fourth-order valence-corrected chi connectivity index (χ4v) is 2.36. The van der Waals surface area contributed by atoms with Crippen molar-refractivity contribution in [1.82, 2.24) is 5.32 Å². The molecule has 1 fully saturated rings. The van der Waals surface area contributed by atoms with Gasteiger partial charge in [0.25, 0.3) is 0 Å². The fourth-order valence-electron chi connectivity index (χ4n) is 2.36. The highest BCUT2D eigenvalue weighted by Crippen LogP contribution is 2.39. The second kappa shape index (κ2) is 5.33. The minimum atomic E-state index is -0.0490. The van der Waals surface area contributed by atoms with Crippen LogP contribution in [0.3, 0.4) is 0 Å². The molecule has 0 spiro atoms. The maximum Gasteiger partial charge on any atom is 0.0703 e. The van der Waals surface area contributed by atoms with Gasteiger partial charge in [-0.2, -0.15) is 5.26 Å². The summed E-state index contributed by atoms with van der Waals surface area (Å²) in [5.74, 6) is 0. The van der Waals surface area contributed by atoms with Gasteiger partial charge in [-0.1, -0.05) is 36.2 Å². The van der Waals surface area contributed by atoms with Gasteiger partial charge in [0.15, 0.2) is 0 Å². The summed E-state index contributed by atoms with van der Waals surface area (Å²) in [4.78, 5) is 0. The maximum atomic E-state index is 9.10. The fraction of sp³-hybridized carbons (Fsp3) is 0.533. The third-order valence-electron chi connectivity index (χ3n) is 3.68. The van der Waals surface area contributed by atoms with Crippen LogP contribution in [0.2, 0.25) is 0 Å². The van der Waals surface area contributed by atoms with E-state index in [1.165, 1.54) is 17.5 Å². The molecule has 2 nitrogen and oxygen atoms in total. The first-order valence-corrected chi connectivity index (χ1v) is 6.42. The first kappa shape index (κ1) is 12.1. The van der Waals surface area contributed by atoms with Gasteiger partial charge in [-0.25, -0.2) is 0 Å². The zero-order valence-corrected chi connectivity index (χ0v) is 10.5. The predicted octanol–water partition coefficient (Wildman–Crippen LogP) is 2.82. The Bertz CT molecular complexity index is 413. The Kier molecular flexibility index (Phi) is 3.81. The predicted molar refractivity (Wildman–Crippen MR) is 69.6 cm³/mol. The Balaban J connectivity index is 1.72. The van der Waals surface area contributed by atoms with E-state index < -0.39 is 0 Å². The summed E-state index contributed by atoms with van der Waals surface area (Å²) in [5.41, 5.74) is 2.64. The highest BCUT2D eigenvalue weighted by molar-refractivity contribution is 5.22. The lowest BCUT2D eigenvalue weighted by Crippen LogP contribution is -2.39. The summed E-state index contributed by atoms with van der Waals surface area (Å²) < 4.78 is 0. The van der Waals surface area contributed by atoms with Crippen molar-refractivity contribution in [2.75, 3.05) is 13.1 Å². The molecule has 0 unspecified atom stereocenters. The van der Waals surface area contributed by atoms with Gasteiger partial charge in [0.05, 0.1) is 11.5 Å². The largest absolute Gasteiger partial charge is 0.315 e. The van der Waals surface area contributed by atoms with Gasteiger partial charge in [-0.05, 0) is 38.3 Å². The van der Waals surface area contributed by atoms with E-state index in [-0.39, 0.29) is 5.41 Å². The summed E-state index contributed by atoms with van der Waals surface area (Å²) in [5, 5.41) is 12.5. The molecule has 2 rings (SSSR count). The molecular formula is C15H20N2. The van der Waals surface area contributed by atoms with E-state index in [1.807, 2.05) is 0 Å². The summed E-state index contributed by atoms with van der Waals surface area (Å²) in [6, 6.07) is 11.1. The number of benzene rings is 1. The Morgan fingerprint density at radius 2 is 2.24 bits per heavy atom. The molecule has 0 aliphatic heterocycles. The molecule has 1 aromatic carbocycles. The summed E-state index contributed by atoms with van der Waals surface area (Å²) in [7, 11) is 0. The van der Waals surface area contributed by atoms with E-state index in [0.29, 0.717) is 0 Å². The first-order chi connectivity index (χ1) is 8.24. The van der Waals surface area contributed by atoms with E-state index in [1.54, 1.807) is 0 Å². The van der Waals surface area contributed by atoms with Crippen molar-refractivity contribution in [1.29, 1.82) is 5.26 Å². The van der Waals surface area contributed by atoms with Crippen molar-refractivity contribution in [3.05, 3.63) is 35.4 Å². The summed E-state index contributed by atoms with van der Waals surface area (Å²) in [6.45, 7) is 3.94. The van der Waals surface area contributed by atoms with Crippen LogP contribution in [0.5, 0.6) is 0 Å². The first-order valence-electron chi connectivity index (χ1n) is 6.42. The SMILES string of the molecule is Cc1cccc(CCNCC2(C#N)CCC2)c1. The van der Waals surface area contributed by atoms with Crippen LogP contribution in [0.25, 0.3) is 0 Å². The van der Waals surface area contributed by atoms with Gasteiger partial charge in [0.1, 0.15) is 0 Å². The van der Waals surface area contributed by atoms with Crippen molar-refractivity contribution in [2.24, 2.45) is 5.41 Å². The Hall–Kier alpha value is -1.33. The summed E-state index contributed by atoms with van der Waals surface area (Å²) >= 11 is 0. The van der Waals surface area contributed by atoms with Gasteiger partial charge in [-0.3, -0.25) is 0 Å². The van der Waals surface area contributed by atoms with Crippen molar-refractivity contribution in [3.63, 3.8) is 0 Å². The van der Waals surface area contributed by atoms with Crippen LogP contribution in [-0.4, -0.2) is 13.1 Å². The monoisotopic (exact) mass is 228 g/mol. The van der Waals surface area contributed by atoms with Gasteiger partial charge >= 0.3 is 0 Å². The van der Waals surface area contributed by atoms with E-state index in [9.17, 15) is 0 Å². The average molecular weight is 228 g/mol. The molecule has 0 heterocycles. The lowest BCUT2D eigenvalue weighted by molar-refractivity contribution is 0.208. The molecular weight excluding hydrogens is 208 g/mol. The minimum absolute atomic E-state index is 0.0490. The molecule has 1 saturated carbocycles. The molecule has 0 bridgehead atoms. The van der Waals surface area contributed by atoms with Gasteiger partial charge in [0, 0.05) is 6.54 Å². The van der Waals surface area contributed by atoms with E-state index >= 15 is 0 Å². The number of nitrogens with one attached hydrogen (secondary N) is 1. The topological polar surface area (TPSA) is 35.8 Å². The molecule has 1 aliphatic rings. The normalized spacial score (nSPS) is 17.2. The Morgan fingerprint density at radius 1 is 1.41 bits per heavy atom. The van der Waals surface area contributed by atoms with Gasteiger partial charge in [-0.15, -0.1) is 0 Å². The third kappa shape index (κ3) is 3.08. The molecule has 2 heteroatoms. The molecule has 0 saturated heterocycles. The Labute approximate surface area is 104 Å². The number of nitriles is 1. The van der Waals surface area contributed by atoms with Crippen LogP contribution in [-0.2, 0) is 6.42 Å².